The van der Waals surface area contributed by atoms with Gasteiger partial charge in [0, 0.05) is 37.3 Å². The highest BCUT2D eigenvalue weighted by Gasteiger charge is 2.36. The molecule has 1 heterocycles. The third-order valence-electron chi connectivity index (χ3n) is 3.62. The second kappa shape index (κ2) is 9.00. The average molecular weight is 372 g/mol. The number of urea groups is 1. The van der Waals surface area contributed by atoms with Crippen molar-refractivity contribution in [3.63, 3.8) is 0 Å². The number of rotatable bonds is 7. The lowest BCUT2D eigenvalue weighted by atomic mass is 10.1. The molecular formula is C15H28F4N4O2. The number of likely N-dealkylation sites (tertiary alicyclic amines) is 1. The van der Waals surface area contributed by atoms with Gasteiger partial charge in [0.2, 0.25) is 0 Å². The predicted molar refractivity (Wildman–Crippen MR) is 86.0 cm³/mol. The van der Waals surface area contributed by atoms with Gasteiger partial charge in [0.05, 0.1) is 6.61 Å². The molecule has 0 aromatic carbocycles. The molecule has 0 aromatic rings. The second-order valence-electron chi connectivity index (χ2n) is 7.35. The van der Waals surface area contributed by atoms with E-state index in [1.165, 1.54) is 0 Å². The number of hydrogen-bond acceptors (Lipinski definition) is 4. The number of nitrogens with two attached hydrogens (primary N) is 1. The Kier molecular flexibility index (Phi) is 7.88. The molecule has 0 aromatic heterocycles. The third kappa shape index (κ3) is 9.22. The molecule has 1 fully saturated rings. The Hall–Kier alpha value is -1.13. The van der Waals surface area contributed by atoms with Crippen molar-refractivity contribution in [3.05, 3.63) is 0 Å². The van der Waals surface area contributed by atoms with Crippen molar-refractivity contribution in [2.24, 2.45) is 5.73 Å². The molecule has 10 heteroatoms. The van der Waals surface area contributed by atoms with E-state index < -0.39 is 30.5 Å². The molecule has 4 N–H and O–H groups in total. The van der Waals surface area contributed by atoms with Gasteiger partial charge in [-0.1, -0.05) is 0 Å². The minimum absolute atomic E-state index is 0.00435. The fourth-order valence-electron chi connectivity index (χ4n) is 2.69. The van der Waals surface area contributed by atoms with Gasteiger partial charge in [-0.05, 0) is 27.2 Å². The minimum atomic E-state index is -4.41. The van der Waals surface area contributed by atoms with Gasteiger partial charge in [0.15, 0.2) is 0 Å². The second-order valence-corrected chi connectivity index (χ2v) is 7.35. The number of ether oxygens (including phenoxy) is 1. The van der Waals surface area contributed by atoms with Crippen LogP contribution in [0.4, 0.5) is 22.4 Å². The number of nitrogens with one attached hydrogen (secondary N) is 2. The molecule has 1 aliphatic rings. The Morgan fingerprint density at radius 1 is 1.36 bits per heavy atom. The quantitative estimate of drug-likeness (QED) is 0.591. The first-order valence-corrected chi connectivity index (χ1v) is 8.21. The monoisotopic (exact) mass is 372 g/mol. The summed E-state index contributed by atoms with van der Waals surface area (Å²) < 4.78 is 55.0. The van der Waals surface area contributed by atoms with E-state index in [0.717, 1.165) is 0 Å². The summed E-state index contributed by atoms with van der Waals surface area (Å²) in [4.78, 5) is 13.6. The van der Waals surface area contributed by atoms with E-state index in [1.54, 1.807) is 4.90 Å². The van der Waals surface area contributed by atoms with Crippen molar-refractivity contribution in [2.45, 2.75) is 57.2 Å². The number of halogens is 4. The molecule has 0 radical (unpaired) electrons. The predicted octanol–water partition coefficient (Wildman–Crippen LogP) is 1.40. The topological polar surface area (TPSA) is 79.6 Å². The van der Waals surface area contributed by atoms with E-state index in [0.29, 0.717) is 13.0 Å². The molecule has 0 aliphatic carbocycles. The van der Waals surface area contributed by atoms with Crippen LogP contribution in [-0.2, 0) is 4.74 Å². The lowest BCUT2D eigenvalue weighted by Gasteiger charge is -2.25. The molecule has 1 saturated heterocycles. The Morgan fingerprint density at radius 2 is 2.00 bits per heavy atom. The van der Waals surface area contributed by atoms with Crippen LogP contribution in [0.5, 0.6) is 0 Å². The summed E-state index contributed by atoms with van der Waals surface area (Å²) in [5.41, 5.74) is 4.86. The molecule has 6 nitrogen and oxygen atoms in total. The van der Waals surface area contributed by atoms with Gasteiger partial charge in [0.1, 0.15) is 12.8 Å². The number of carbonyl (C=O) groups is 1. The van der Waals surface area contributed by atoms with Crippen LogP contribution in [0.15, 0.2) is 0 Å². The summed E-state index contributed by atoms with van der Waals surface area (Å²) in [6.45, 7) is 4.11. The van der Waals surface area contributed by atoms with Crippen molar-refractivity contribution in [3.8, 4) is 0 Å². The molecule has 0 spiro atoms. The molecule has 1 rings (SSSR count). The van der Waals surface area contributed by atoms with Gasteiger partial charge in [-0.2, -0.15) is 13.2 Å². The van der Waals surface area contributed by atoms with Gasteiger partial charge in [-0.15, -0.1) is 0 Å². The molecule has 2 amide bonds. The lowest BCUT2D eigenvalue weighted by molar-refractivity contribution is -0.176. The summed E-state index contributed by atoms with van der Waals surface area (Å²) >= 11 is 0. The third-order valence-corrected chi connectivity index (χ3v) is 3.62. The van der Waals surface area contributed by atoms with Crippen LogP contribution in [0, 0.1) is 0 Å². The van der Waals surface area contributed by atoms with Crippen LogP contribution in [0.1, 0.15) is 27.2 Å². The molecule has 0 unspecified atom stereocenters. The number of carbonyl (C=O) groups excluding carboxylic acids is 1. The van der Waals surface area contributed by atoms with Crippen molar-refractivity contribution in [2.75, 3.05) is 32.8 Å². The van der Waals surface area contributed by atoms with Crippen molar-refractivity contribution in [1.82, 2.24) is 15.5 Å². The standard InChI is InChI=1S/C15H28F4N4O2/c1-14(2,3)22-13(24)21-11-4-12(8-25-9-15(17,18)19)23(7-11)6-10(16)5-20/h10-12H,4-9,20H2,1-3H3,(H2,21,22,24)/t10-,11+,12-/m0/s1. The molecule has 1 aliphatic heterocycles. The van der Waals surface area contributed by atoms with Crippen LogP contribution >= 0.6 is 0 Å². The zero-order valence-corrected chi connectivity index (χ0v) is 14.8. The summed E-state index contributed by atoms with van der Waals surface area (Å²) in [6.07, 6.45) is -5.31. The Morgan fingerprint density at radius 3 is 2.52 bits per heavy atom. The van der Waals surface area contributed by atoms with Crippen molar-refractivity contribution >= 4 is 6.03 Å². The number of nitrogens with zero attached hydrogens (tertiary/aromatic N) is 1. The van der Waals surface area contributed by atoms with Crippen molar-refractivity contribution in [1.29, 1.82) is 0 Å². The zero-order chi connectivity index (χ0) is 19.3. The van der Waals surface area contributed by atoms with Gasteiger partial charge in [-0.3, -0.25) is 4.90 Å². The van der Waals surface area contributed by atoms with Gasteiger partial charge >= 0.3 is 12.2 Å². The maximum atomic E-state index is 13.6. The van der Waals surface area contributed by atoms with Crippen LogP contribution in [0.25, 0.3) is 0 Å². The largest absolute Gasteiger partial charge is 0.411 e. The number of hydrogen-bond donors (Lipinski definition) is 3. The van der Waals surface area contributed by atoms with Crippen LogP contribution in [-0.4, -0.2) is 73.7 Å². The molecule has 148 valence electrons. The molecular weight excluding hydrogens is 344 g/mol. The van der Waals surface area contributed by atoms with Crippen LogP contribution in [0.2, 0.25) is 0 Å². The SMILES string of the molecule is CC(C)(C)NC(=O)N[C@@H]1C[C@@H](COCC(F)(F)F)N(C[C@@H](F)CN)C1. The van der Waals surface area contributed by atoms with Crippen molar-refractivity contribution < 1.29 is 27.1 Å². The molecule has 25 heavy (non-hydrogen) atoms. The van der Waals surface area contributed by atoms with Gasteiger partial charge in [-0.25, -0.2) is 9.18 Å². The highest BCUT2D eigenvalue weighted by atomic mass is 19.4. The Labute approximate surface area is 145 Å². The summed E-state index contributed by atoms with van der Waals surface area (Å²) in [5.74, 6) is 0. The highest BCUT2D eigenvalue weighted by Crippen LogP contribution is 2.21. The Bertz CT molecular complexity index is 429. The number of alkyl halides is 4. The molecule has 3 atom stereocenters. The molecule has 0 bridgehead atoms. The first-order chi connectivity index (χ1) is 11.4. The first kappa shape index (κ1) is 21.9. The lowest BCUT2D eigenvalue weighted by Crippen LogP contribution is -2.50. The number of amides is 2. The zero-order valence-electron chi connectivity index (χ0n) is 14.8. The van der Waals surface area contributed by atoms with E-state index in [-0.39, 0.29) is 31.8 Å². The van der Waals surface area contributed by atoms with E-state index in [9.17, 15) is 22.4 Å². The molecule has 0 saturated carbocycles. The van der Waals surface area contributed by atoms with E-state index in [1.807, 2.05) is 20.8 Å². The first-order valence-electron chi connectivity index (χ1n) is 8.21. The van der Waals surface area contributed by atoms with E-state index >= 15 is 0 Å². The highest BCUT2D eigenvalue weighted by molar-refractivity contribution is 5.75. The normalized spacial score (nSPS) is 23.5. The van der Waals surface area contributed by atoms with Gasteiger partial charge < -0.3 is 21.1 Å². The van der Waals surface area contributed by atoms with Gasteiger partial charge in [0.25, 0.3) is 0 Å². The summed E-state index contributed by atoms with van der Waals surface area (Å²) in [5, 5.41) is 5.52. The minimum Gasteiger partial charge on any atom is -0.370 e. The van der Waals surface area contributed by atoms with E-state index in [2.05, 4.69) is 10.6 Å². The van der Waals surface area contributed by atoms with Crippen LogP contribution in [0.3, 0.4) is 0 Å². The maximum absolute atomic E-state index is 13.6. The van der Waals surface area contributed by atoms with E-state index in [4.69, 9.17) is 10.5 Å². The van der Waals surface area contributed by atoms with Crippen LogP contribution < -0.4 is 16.4 Å². The fraction of sp³-hybridized carbons (Fsp3) is 0.933. The average Bonchev–Trinajstić information content (AvgIpc) is 2.76. The Balaban J connectivity index is 2.58. The smallest absolute Gasteiger partial charge is 0.370 e. The maximum Gasteiger partial charge on any atom is 0.411 e. The fourth-order valence-corrected chi connectivity index (χ4v) is 2.69. The summed E-state index contributed by atoms with van der Waals surface area (Å²) in [6, 6.07) is -1.08. The summed E-state index contributed by atoms with van der Waals surface area (Å²) in [7, 11) is 0.